The molecule has 0 amide bonds. The lowest BCUT2D eigenvalue weighted by molar-refractivity contribution is -0.138. The monoisotopic (exact) mass is 368 g/mol. The van der Waals surface area contributed by atoms with Crippen molar-refractivity contribution < 1.29 is 37.4 Å². The van der Waals surface area contributed by atoms with E-state index in [9.17, 15) is 17.8 Å². The van der Waals surface area contributed by atoms with Crippen molar-refractivity contribution in [1.29, 1.82) is 0 Å². The number of nitrogens with zero attached hydrogens (tertiary/aromatic N) is 1. The second-order valence-electron chi connectivity index (χ2n) is 4.60. The van der Waals surface area contributed by atoms with Gasteiger partial charge in [0.15, 0.2) is 0 Å². The Hall–Kier alpha value is -1.49. The van der Waals surface area contributed by atoms with Gasteiger partial charge in [0.1, 0.15) is 18.6 Å². The predicted molar refractivity (Wildman–Crippen MR) is 80.0 cm³/mol. The van der Waals surface area contributed by atoms with Gasteiger partial charge in [-0.3, -0.25) is 9.36 Å². The Bertz CT molecular complexity index is 684. The lowest BCUT2D eigenvalue weighted by atomic mass is 10.2. The van der Waals surface area contributed by atoms with E-state index in [1.54, 1.807) is 12.1 Å². The van der Waals surface area contributed by atoms with Gasteiger partial charge in [0.05, 0.1) is 12.9 Å². The number of hydrogen-bond donors (Lipinski definition) is 4. The maximum absolute atomic E-state index is 12.0. The van der Waals surface area contributed by atoms with Gasteiger partial charge >= 0.3 is 13.6 Å². The molecule has 1 rings (SSSR count). The summed E-state index contributed by atoms with van der Waals surface area (Å²) < 4.78 is 39.9. The maximum Gasteiger partial charge on any atom is 0.340 e. The molecule has 0 aliphatic heterocycles. The number of aliphatic carboxylic acids is 1. The van der Waals surface area contributed by atoms with E-state index in [0.29, 0.717) is 16.3 Å². The van der Waals surface area contributed by atoms with E-state index < -0.39 is 42.2 Å². The third-order valence-corrected chi connectivity index (χ3v) is 4.42. The molecule has 0 radical (unpaired) electrons. The maximum atomic E-state index is 12.0. The quantitative estimate of drug-likeness (QED) is 0.335. The fourth-order valence-corrected chi connectivity index (χ4v) is 3.60. The zero-order chi connectivity index (χ0) is 17.7. The average Bonchev–Trinajstić information content (AvgIpc) is 2.35. The van der Waals surface area contributed by atoms with Crippen molar-refractivity contribution in [2.45, 2.75) is 5.75 Å². The van der Waals surface area contributed by atoms with Crippen molar-refractivity contribution in [1.82, 2.24) is 9.84 Å². The standard InChI is InChI=1S/C11H17N2O8PS/c1-21-10-4-2-9(3-5-10)7-23(19,20)12-13(6-11(14)15)8-22(16,17)18/h2-5,12H,6-8H2,1H3,(H,14,15)(H2,16,17,18). The summed E-state index contributed by atoms with van der Waals surface area (Å²) in [4.78, 5) is 30.3. The van der Waals surface area contributed by atoms with Gasteiger partial charge in [-0.25, -0.2) is 13.4 Å². The zero-order valence-corrected chi connectivity index (χ0v) is 13.8. The number of methoxy groups -OCH3 is 1. The number of carboxylic acid groups (broad SMARTS) is 1. The highest BCUT2D eigenvalue weighted by atomic mass is 32.2. The molecule has 0 fully saturated rings. The van der Waals surface area contributed by atoms with Gasteiger partial charge in [0, 0.05) is 0 Å². The molecule has 0 bridgehead atoms. The van der Waals surface area contributed by atoms with Crippen LogP contribution in [-0.2, 0) is 25.1 Å². The molecule has 0 spiro atoms. The highest BCUT2D eigenvalue weighted by molar-refractivity contribution is 7.88. The molecule has 4 N–H and O–H groups in total. The van der Waals surface area contributed by atoms with Crippen LogP contribution < -0.4 is 9.57 Å². The van der Waals surface area contributed by atoms with E-state index in [4.69, 9.17) is 19.6 Å². The number of carbonyl (C=O) groups is 1. The van der Waals surface area contributed by atoms with Crippen molar-refractivity contribution in [2.75, 3.05) is 19.9 Å². The molecule has 130 valence electrons. The molecular weight excluding hydrogens is 351 g/mol. The molecule has 0 aliphatic carbocycles. The van der Waals surface area contributed by atoms with Crippen LogP contribution in [0.1, 0.15) is 5.56 Å². The molecule has 1 aromatic rings. The Morgan fingerprint density at radius 1 is 1.30 bits per heavy atom. The molecule has 0 unspecified atom stereocenters. The first-order valence-electron chi connectivity index (χ1n) is 6.15. The minimum atomic E-state index is -4.64. The molecule has 0 saturated heterocycles. The van der Waals surface area contributed by atoms with Crippen LogP contribution in [0.4, 0.5) is 0 Å². The summed E-state index contributed by atoms with van der Waals surface area (Å²) in [7, 11) is -7.22. The topological polar surface area (TPSA) is 153 Å². The van der Waals surface area contributed by atoms with E-state index in [0.717, 1.165) is 0 Å². The van der Waals surface area contributed by atoms with Gasteiger partial charge in [-0.05, 0) is 17.7 Å². The summed E-state index contributed by atoms with van der Waals surface area (Å²) >= 11 is 0. The van der Waals surface area contributed by atoms with Gasteiger partial charge < -0.3 is 19.6 Å². The van der Waals surface area contributed by atoms with Crippen LogP contribution >= 0.6 is 7.60 Å². The van der Waals surface area contributed by atoms with E-state index in [1.165, 1.54) is 19.2 Å². The number of benzene rings is 1. The number of rotatable bonds is 9. The highest BCUT2D eigenvalue weighted by Crippen LogP contribution is 2.34. The minimum absolute atomic E-state index is 0.393. The van der Waals surface area contributed by atoms with Crippen molar-refractivity contribution >= 4 is 23.6 Å². The fourth-order valence-electron chi connectivity index (χ4n) is 1.67. The SMILES string of the molecule is COc1ccc(CS(=O)(=O)NN(CC(=O)O)CP(=O)(O)O)cc1. The molecule has 23 heavy (non-hydrogen) atoms. The second-order valence-corrected chi connectivity index (χ2v) is 7.91. The predicted octanol–water partition coefficient (Wildman–Crippen LogP) is -0.449. The van der Waals surface area contributed by atoms with Gasteiger partial charge in [0.2, 0.25) is 10.0 Å². The Kier molecular flexibility index (Phi) is 6.69. The van der Waals surface area contributed by atoms with Gasteiger partial charge in [-0.1, -0.05) is 12.1 Å². The molecule has 10 nitrogen and oxygen atoms in total. The van der Waals surface area contributed by atoms with Crippen LogP contribution in [0, 0.1) is 0 Å². The smallest absolute Gasteiger partial charge is 0.340 e. The largest absolute Gasteiger partial charge is 0.497 e. The Labute approximate surface area is 132 Å². The van der Waals surface area contributed by atoms with Gasteiger partial charge in [0.25, 0.3) is 0 Å². The summed E-state index contributed by atoms with van der Waals surface area (Å²) in [6.45, 7) is -0.896. The van der Waals surface area contributed by atoms with Crippen molar-refractivity contribution in [2.24, 2.45) is 0 Å². The van der Waals surface area contributed by atoms with Crippen LogP contribution in [0.3, 0.4) is 0 Å². The first kappa shape index (κ1) is 19.6. The average molecular weight is 368 g/mol. The number of carboxylic acids is 1. The lowest BCUT2D eigenvalue weighted by Gasteiger charge is -2.21. The van der Waals surface area contributed by atoms with Crippen molar-refractivity contribution in [3.63, 3.8) is 0 Å². The molecule has 0 atom stereocenters. The number of sulfonamides is 1. The molecule has 12 heteroatoms. The number of hydrogen-bond acceptors (Lipinski definition) is 6. The Morgan fingerprint density at radius 3 is 2.30 bits per heavy atom. The summed E-state index contributed by atoms with van der Waals surface area (Å²) in [5.41, 5.74) is 0.393. The molecular formula is C11H17N2O8PS. The summed E-state index contributed by atoms with van der Waals surface area (Å²) in [5.74, 6) is -1.40. The highest BCUT2D eigenvalue weighted by Gasteiger charge is 2.25. The van der Waals surface area contributed by atoms with Crippen LogP contribution in [0.2, 0.25) is 0 Å². The molecule has 0 aliphatic rings. The number of nitrogens with one attached hydrogen (secondary N) is 1. The van der Waals surface area contributed by atoms with E-state index in [1.807, 2.05) is 4.83 Å². The summed E-state index contributed by atoms with van der Waals surface area (Å²) in [5, 5.41) is 9.13. The normalized spacial score (nSPS) is 12.3. The first-order valence-corrected chi connectivity index (χ1v) is 9.60. The third-order valence-electron chi connectivity index (χ3n) is 2.46. The van der Waals surface area contributed by atoms with Crippen LogP contribution in [0.15, 0.2) is 24.3 Å². The zero-order valence-electron chi connectivity index (χ0n) is 12.1. The Balaban J connectivity index is 2.82. The third kappa shape index (κ3) is 8.07. The molecule has 0 aromatic heterocycles. The van der Waals surface area contributed by atoms with Crippen molar-refractivity contribution in [3.8, 4) is 5.75 Å². The summed E-state index contributed by atoms with van der Waals surface area (Å²) in [6, 6.07) is 6.11. The van der Waals surface area contributed by atoms with Gasteiger partial charge in [-0.2, -0.15) is 0 Å². The van der Waals surface area contributed by atoms with E-state index in [-0.39, 0.29) is 0 Å². The Morgan fingerprint density at radius 2 is 1.87 bits per heavy atom. The van der Waals surface area contributed by atoms with E-state index in [2.05, 4.69) is 0 Å². The first-order chi connectivity index (χ1) is 10.5. The lowest BCUT2D eigenvalue weighted by Crippen LogP contribution is -2.45. The number of ether oxygens (including phenoxy) is 1. The molecule has 0 heterocycles. The van der Waals surface area contributed by atoms with Crippen molar-refractivity contribution in [3.05, 3.63) is 29.8 Å². The van der Waals surface area contributed by atoms with Crippen LogP contribution in [0.5, 0.6) is 5.75 Å². The minimum Gasteiger partial charge on any atom is -0.497 e. The molecule has 0 saturated carbocycles. The molecule has 1 aromatic carbocycles. The van der Waals surface area contributed by atoms with E-state index >= 15 is 0 Å². The van der Waals surface area contributed by atoms with Crippen LogP contribution in [-0.4, -0.2) is 54.2 Å². The van der Waals surface area contributed by atoms with Crippen LogP contribution in [0.25, 0.3) is 0 Å². The van der Waals surface area contributed by atoms with Gasteiger partial charge in [-0.15, -0.1) is 4.83 Å². The summed E-state index contributed by atoms with van der Waals surface area (Å²) in [6.07, 6.45) is -1.05. The number of hydrazine groups is 1. The second kappa shape index (κ2) is 7.86. The fraction of sp³-hybridized carbons (Fsp3) is 0.364.